The molecule has 5 aliphatic carbocycles. The maximum Gasteiger partial charge on any atom is 0.310 e. The van der Waals surface area contributed by atoms with E-state index in [-0.39, 0.29) is 34.7 Å². The summed E-state index contributed by atoms with van der Waals surface area (Å²) in [6, 6.07) is 0. The van der Waals surface area contributed by atoms with Gasteiger partial charge in [-0.05, 0) is 97.2 Å². The number of aliphatic hydroxyl groups is 3. The van der Waals surface area contributed by atoms with Gasteiger partial charge in [-0.2, -0.15) is 0 Å². The standard InChI is InChI=1S/C30H48O5/c1-17-9-12-30(25(34)35)14-13-28(5)19(23(30)18(17)2)7-8-22-26(3)15-20(32)24(33)27(4,16-31)21(26)10-11-29(22,28)6/h7,17-18,20-24,31-33H,8-16H2,1-6H3,(H,34,35)/t17-,18+,20-,21-,22?,23-,24-,26-,27-,28-,29-,30+/m1/s1. The third-order valence-corrected chi connectivity index (χ3v) is 13.5. The number of aliphatic carboxylic acids is 1. The summed E-state index contributed by atoms with van der Waals surface area (Å²) in [4.78, 5) is 12.8. The minimum Gasteiger partial charge on any atom is -0.481 e. The molecular formula is C30H48O5. The Kier molecular flexibility index (Phi) is 5.73. The van der Waals surface area contributed by atoms with Crippen molar-refractivity contribution in [2.45, 2.75) is 105 Å². The highest BCUT2D eigenvalue weighted by Crippen LogP contribution is 2.75. The van der Waals surface area contributed by atoms with Crippen LogP contribution < -0.4 is 0 Å². The van der Waals surface area contributed by atoms with E-state index in [0.717, 1.165) is 44.9 Å². The lowest BCUT2D eigenvalue weighted by molar-refractivity contribution is -0.244. The number of carboxylic acids is 1. The van der Waals surface area contributed by atoms with Gasteiger partial charge in [0.1, 0.15) is 0 Å². The number of aliphatic hydroxyl groups excluding tert-OH is 3. The normalized spacial score (nSPS) is 57.7. The molecular weight excluding hydrogens is 440 g/mol. The fourth-order valence-corrected chi connectivity index (χ4v) is 11.0. The average Bonchev–Trinajstić information content (AvgIpc) is 2.80. The van der Waals surface area contributed by atoms with E-state index >= 15 is 0 Å². The van der Waals surface area contributed by atoms with Crippen LogP contribution >= 0.6 is 0 Å². The lowest BCUT2D eigenvalue weighted by Gasteiger charge is -2.71. The first-order chi connectivity index (χ1) is 16.2. The zero-order chi connectivity index (χ0) is 25.8. The second-order valence-corrected chi connectivity index (χ2v) is 14.5. The maximum absolute atomic E-state index is 12.8. The van der Waals surface area contributed by atoms with Crippen LogP contribution in [0.4, 0.5) is 0 Å². The molecule has 0 amide bonds. The highest BCUT2D eigenvalue weighted by Gasteiger charge is 2.70. The van der Waals surface area contributed by atoms with Crippen LogP contribution in [0.2, 0.25) is 0 Å². The van der Waals surface area contributed by atoms with Crippen LogP contribution in [0.15, 0.2) is 11.6 Å². The van der Waals surface area contributed by atoms with Crippen molar-refractivity contribution in [3.63, 3.8) is 0 Å². The van der Waals surface area contributed by atoms with Crippen LogP contribution in [-0.2, 0) is 4.79 Å². The first-order valence-electron chi connectivity index (χ1n) is 14.1. The van der Waals surface area contributed by atoms with Gasteiger partial charge in [-0.25, -0.2) is 0 Å². The molecule has 0 aromatic heterocycles. The number of allylic oxidation sites excluding steroid dienone is 2. The number of fused-ring (bicyclic) bond motifs is 7. The zero-order valence-corrected chi connectivity index (χ0v) is 22.7. The summed E-state index contributed by atoms with van der Waals surface area (Å²) in [7, 11) is 0. The first kappa shape index (κ1) is 25.7. The molecule has 1 unspecified atom stereocenters. The van der Waals surface area contributed by atoms with Crippen LogP contribution in [0.3, 0.4) is 0 Å². The second kappa shape index (κ2) is 7.80. The molecule has 4 N–H and O–H groups in total. The van der Waals surface area contributed by atoms with Crippen molar-refractivity contribution in [3.8, 4) is 0 Å². The monoisotopic (exact) mass is 488 g/mol. The molecule has 0 aliphatic heterocycles. The smallest absolute Gasteiger partial charge is 0.310 e. The van der Waals surface area contributed by atoms with Gasteiger partial charge >= 0.3 is 5.97 Å². The Labute approximate surface area is 211 Å². The Morgan fingerprint density at radius 2 is 1.69 bits per heavy atom. The Morgan fingerprint density at radius 1 is 1.00 bits per heavy atom. The summed E-state index contributed by atoms with van der Waals surface area (Å²) in [5.41, 5.74) is -0.214. The molecule has 5 rings (SSSR count). The molecule has 0 saturated heterocycles. The molecule has 5 aliphatic rings. The Morgan fingerprint density at radius 3 is 2.31 bits per heavy atom. The van der Waals surface area contributed by atoms with E-state index in [4.69, 9.17) is 0 Å². The van der Waals surface area contributed by atoms with Gasteiger partial charge in [0.2, 0.25) is 0 Å². The highest BCUT2D eigenvalue weighted by atomic mass is 16.4. The Hall–Kier alpha value is -0.910. The fourth-order valence-electron chi connectivity index (χ4n) is 11.0. The molecule has 198 valence electrons. The van der Waals surface area contributed by atoms with E-state index in [0.29, 0.717) is 24.2 Å². The third-order valence-electron chi connectivity index (χ3n) is 13.5. The maximum atomic E-state index is 12.8. The summed E-state index contributed by atoms with van der Waals surface area (Å²) in [5, 5.41) is 42.9. The number of hydrogen-bond acceptors (Lipinski definition) is 4. The molecule has 0 radical (unpaired) electrons. The van der Waals surface area contributed by atoms with E-state index in [1.807, 2.05) is 6.92 Å². The number of rotatable bonds is 2. The van der Waals surface area contributed by atoms with Crippen LogP contribution in [0, 0.1) is 56.7 Å². The summed E-state index contributed by atoms with van der Waals surface area (Å²) in [6.07, 6.45) is 7.51. The van der Waals surface area contributed by atoms with Crippen molar-refractivity contribution in [1.82, 2.24) is 0 Å². The van der Waals surface area contributed by atoms with Gasteiger partial charge in [0, 0.05) is 5.41 Å². The number of carbonyl (C=O) groups is 1. The van der Waals surface area contributed by atoms with Gasteiger partial charge in [-0.1, -0.05) is 53.2 Å². The topological polar surface area (TPSA) is 98.0 Å². The number of hydrogen-bond donors (Lipinski definition) is 4. The van der Waals surface area contributed by atoms with Crippen molar-refractivity contribution in [1.29, 1.82) is 0 Å². The molecule has 12 atom stereocenters. The highest BCUT2D eigenvalue weighted by molar-refractivity contribution is 5.76. The van der Waals surface area contributed by atoms with E-state index < -0.39 is 29.0 Å². The van der Waals surface area contributed by atoms with E-state index in [1.165, 1.54) is 5.57 Å². The zero-order valence-electron chi connectivity index (χ0n) is 22.7. The summed E-state index contributed by atoms with van der Waals surface area (Å²) in [6.45, 7) is 13.6. The average molecular weight is 489 g/mol. The largest absolute Gasteiger partial charge is 0.481 e. The Balaban J connectivity index is 1.62. The third kappa shape index (κ3) is 2.95. The molecule has 5 heteroatoms. The minimum atomic E-state index is -0.907. The van der Waals surface area contributed by atoms with Gasteiger partial charge < -0.3 is 20.4 Å². The molecule has 4 saturated carbocycles. The van der Waals surface area contributed by atoms with E-state index in [9.17, 15) is 25.2 Å². The molecule has 0 aromatic carbocycles. The lowest BCUT2D eigenvalue weighted by atomic mass is 9.33. The van der Waals surface area contributed by atoms with Crippen molar-refractivity contribution in [2.24, 2.45) is 56.7 Å². The minimum absolute atomic E-state index is 0.00815. The molecule has 0 aromatic rings. The van der Waals surface area contributed by atoms with Gasteiger partial charge in [-0.3, -0.25) is 4.79 Å². The molecule has 0 spiro atoms. The van der Waals surface area contributed by atoms with Crippen LogP contribution in [0.25, 0.3) is 0 Å². The summed E-state index contributed by atoms with van der Waals surface area (Å²) < 4.78 is 0. The predicted molar refractivity (Wildman–Crippen MR) is 135 cm³/mol. The molecule has 0 heterocycles. The van der Waals surface area contributed by atoms with Crippen molar-refractivity contribution in [2.75, 3.05) is 6.61 Å². The first-order valence-corrected chi connectivity index (χ1v) is 14.1. The summed E-state index contributed by atoms with van der Waals surface area (Å²) >= 11 is 0. The molecule has 0 bridgehead atoms. The predicted octanol–water partition coefficient (Wildman–Crippen LogP) is 5.03. The van der Waals surface area contributed by atoms with E-state index in [1.54, 1.807) is 0 Å². The van der Waals surface area contributed by atoms with Crippen molar-refractivity contribution in [3.05, 3.63) is 11.6 Å². The van der Waals surface area contributed by atoms with Gasteiger partial charge in [0.25, 0.3) is 0 Å². The fraction of sp³-hybridized carbons (Fsp3) is 0.900. The summed E-state index contributed by atoms with van der Waals surface area (Å²) in [5.74, 6) is 0.828. The second-order valence-electron chi connectivity index (χ2n) is 14.5. The number of carboxylic acid groups (broad SMARTS) is 1. The SMILES string of the molecule is C[C@H]1[C@H](C)CC[C@]2(C(=O)O)CC[C@]3(C)C(=CCC4[C@]5(C)C[C@@H](O)[C@@H](O)[C@](C)(CO)[C@@H]5CC[C@]43C)[C@@H]12. The van der Waals surface area contributed by atoms with E-state index in [2.05, 4.69) is 40.7 Å². The van der Waals surface area contributed by atoms with Crippen LogP contribution in [-0.4, -0.2) is 45.2 Å². The van der Waals surface area contributed by atoms with Gasteiger partial charge in [0.15, 0.2) is 0 Å². The van der Waals surface area contributed by atoms with Crippen LogP contribution in [0.1, 0.15) is 92.9 Å². The van der Waals surface area contributed by atoms with Crippen molar-refractivity contribution < 1.29 is 25.2 Å². The van der Waals surface area contributed by atoms with Crippen LogP contribution in [0.5, 0.6) is 0 Å². The van der Waals surface area contributed by atoms with Gasteiger partial charge in [-0.15, -0.1) is 0 Å². The molecule has 5 nitrogen and oxygen atoms in total. The quantitative estimate of drug-likeness (QED) is 0.409. The molecule has 4 fully saturated rings. The Bertz CT molecular complexity index is 930. The molecule has 35 heavy (non-hydrogen) atoms. The van der Waals surface area contributed by atoms with Gasteiger partial charge in [0.05, 0.1) is 24.2 Å². The van der Waals surface area contributed by atoms with Crippen molar-refractivity contribution >= 4 is 5.97 Å². The lowest BCUT2D eigenvalue weighted by Crippen LogP contribution is -2.68.